The third kappa shape index (κ3) is 2.28. The van der Waals surface area contributed by atoms with Crippen molar-refractivity contribution in [3.8, 4) is 11.5 Å². The van der Waals surface area contributed by atoms with Crippen molar-refractivity contribution < 1.29 is 4.39 Å². The number of hydrogen-bond donors (Lipinski definition) is 2. The summed E-state index contributed by atoms with van der Waals surface area (Å²) in [7, 11) is 0. The molecule has 0 amide bonds. The Morgan fingerprint density at radius 1 is 1.33 bits per heavy atom. The predicted molar refractivity (Wildman–Crippen MR) is 67.1 cm³/mol. The minimum absolute atomic E-state index is 0.390. The van der Waals surface area contributed by atoms with Crippen LogP contribution in [-0.2, 0) is 6.42 Å². The van der Waals surface area contributed by atoms with Gasteiger partial charge in [-0.05, 0) is 25.5 Å². The van der Waals surface area contributed by atoms with Gasteiger partial charge in [0.15, 0.2) is 5.82 Å². The average molecular weight is 247 g/mol. The quantitative estimate of drug-likeness (QED) is 0.639. The molecule has 0 atom stereocenters. The highest BCUT2D eigenvalue weighted by Crippen LogP contribution is 2.20. The van der Waals surface area contributed by atoms with Crippen molar-refractivity contribution in [3.63, 3.8) is 0 Å². The van der Waals surface area contributed by atoms with E-state index >= 15 is 0 Å². The molecule has 5 nitrogen and oxygen atoms in total. The average Bonchev–Trinajstić information content (AvgIpc) is 2.40. The zero-order valence-electron chi connectivity index (χ0n) is 10.2. The SMILES string of the molecule is CCc1nc(-c2ccc(F)cn2)nc(NN)c1C. The molecule has 94 valence electrons. The minimum atomic E-state index is -0.390. The molecule has 0 aromatic carbocycles. The number of anilines is 1. The van der Waals surface area contributed by atoms with Crippen LogP contribution in [0, 0.1) is 12.7 Å². The summed E-state index contributed by atoms with van der Waals surface area (Å²) in [4.78, 5) is 12.6. The summed E-state index contributed by atoms with van der Waals surface area (Å²) in [5, 5.41) is 0. The Morgan fingerprint density at radius 2 is 2.11 bits per heavy atom. The number of hydrogen-bond acceptors (Lipinski definition) is 5. The van der Waals surface area contributed by atoms with Crippen molar-refractivity contribution >= 4 is 5.82 Å². The number of pyridine rings is 1. The lowest BCUT2D eigenvalue weighted by Crippen LogP contribution is -2.13. The number of aryl methyl sites for hydroxylation is 1. The number of hydrazine groups is 1. The molecule has 0 saturated heterocycles. The monoisotopic (exact) mass is 247 g/mol. The second-order valence-corrected chi connectivity index (χ2v) is 3.83. The summed E-state index contributed by atoms with van der Waals surface area (Å²) >= 11 is 0. The summed E-state index contributed by atoms with van der Waals surface area (Å²) in [6, 6.07) is 2.87. The van der Waals surface area contributed by atoms with Crippen LogP contribution in [0.3, 0.4) is 0 Å². The molecule has 2 rings (SSSR count). The maximum absolute atomic E-state index is 12.8. The Kier molecular flexibility index (Phi) is 3.47. The van der Waals surface area contributed by atoms with Crippen LogP contribution in [0.1, 0.15) is 18.2 Å². The maximum Gasteiger partial charge on any atom is 0.180 e. The molecule has 0 bridgehead atoms. The molecule has 0 aliphatic carbocycles. The van der Waals surface area contributed by atoms with E-state index in [1.807, 2.05) is 13.8 Å². The molecule has 0 aliphatic heterocycles. The normalized spacial score (nSPS) is 10.4. The van der Waals surface area contributed by atoms with Crippen molar-refractivity contribution in [2.45, 2.75) is 20.3 Å². The Morgan fingerprint density at radius 3 is 2.67 bits per heavy atom. The Balaban J connectivity index is 2.54. The number of rotatable bonds is 3. The smallest absolute Gasteiger partial charge is 0.180 e. The molecule has 2 aromatic heterocycles. The van der Waals surface area contributed by atoms with Gasteiger partial charge in [0.05, 0.1) is 6.20 Å². The molecule has 2 heterocycles. The Bertz CT molecular complexity index is 528. The fourth-order valence-corrected chi connectivity index (χ4v) is 1.67. The van der Waals surface area contributed by atoms with Gasteiger partial charge in [-0.25, -0.2) is 25.2 Å². The van der Waals surface area contributed by atoms with Crippen molar-refractivity contribution in [2.75, 3.05) is 5.43 Å². The summed E-state index contributed by atoms with van der Waals surface area (Å²) in [6.07, 6.45) is 1.90. The Labute approximate surface area is 104 Å². The summed E-state index contributed by atoms with van der Waals surface area (Å²) < 4.78 is 12.8. The van der Waals surface area contributed by atoms with Crippen molar-refractivity contribution in [1.82, 2.24) is 15.0 Å². The van der Waals surface area contributed by atoms with Crippen LogP contribution in [-0.4, -0.2) is 15.0 Å². The number of nitrogen functional groups attached to an aromatic ring is 1. The first-order chi connectivity index (χ1) is 8.65. The van der Waals surface area contributed by atoms with Crippen LogP contribution in [0.25, 0.3) is 11.5 Å². The van der Waals surface area contributed by atoms with Gasteiger partial charge in [0, 0.05) is 11.3 Å². The second-order valence-electron chi connectivity index (χ2n) is 3.83. The maximum atomic E-state index is 12.8. The van der Waals surface area contributed by atoms with E-state index in [-0.39, 0.29) is 0 Å². The first kappa shape index (κ1) is 12.4. The summed E-state index contributed by atoms with van der Waals surface area (Å²) in [5.41, 5.74) is 4.85. The first-order valence-electron chi connectivity index (χ1n) is 5.61. The van der Waals surface area contributed by atoms with E-state index in [0.717, 1.165) is 23.9 Å². The highest BCUT2D eigenvalue weighted by molar-refractivity contribution is 5.55. The molecule has 0 radical (unpaired) electrons. The molecule has 6 heteroatoms. The van der Waals surface area contributed by atoms with Gasteiger partial charge >= 0.3 is 0 Å². The van der Waals surface area contributed by atoms with E-state index in [9.17, 15) is 4.39 Å². The molecular weight excluding hydrogens is 233 g/mol. The highest BCUT2D eigenvalue weighted by atomic mass is 19.1. The van der Waals surface area contributed by atoms with E-state index in [1.165, 1.54) is 6.07 Å². The minimum Gasteiger partial charge on any atom is -0.308 e. The zero-order chi connectivity index (χ0) is 13.1. The van der Waals surface area contributed by atoms with E-state index < -0.39 is 5.82 Å². The molecule has 0 fully saturated rings. The van der Waals surface area contributed by atoms with Gasteiger partial charge in [0.1, 0.15) is 17.3 Å². The van der Waals surface area contributed by atoms with Crippen molar-refractivity contribution in [2.24, 2.45) is 5.84 Å². The molecule has 0 spiro atoms. The largest absolute Gasteiger partial charge is 0.308 e. The molecular formula is C12H14FN5. The number of halogens is 1. The van der Waals surface area contributed by atoms with Crippen LogP contribution in [0.5, 0.6) is 0 Å². The third-order valence-corrected chi connectivity index (χ3v) is 2.67. The molecule has 18 heavy (non-hydrogen) atoms. The number of aromatic nitrogens is 3. The molecule has 0 saturated carbocycles. The summed E-state index contributed by atoms with van der Waals surface area (Å²) in [5.74, 6) is 6.03. The van der Waals surface area contributed by atoms with Crippen LogP contribution >= 0.6 is 0 Å². The van der Waals surface area contributed by atoms with Crippen LogP contribution in [0.4, 0.5) is 10.2 Å². The third-order valence-electron chi connectivity index (χ3n) is 2.67. The van der Waals surface area contributed by atoms with Crippen molar-refractivity contribution in [1.29, 1.82) is 0 Å². The topological polar surface area (TPSA) is 76.7 Å². The van der Waals surface area contributed by atoms with Gasteiger partial charge in [-0.1, -0.05) is 6.92 Å². The van der Waals surface area contributed by atoms with Gasteiger partial charge in [0.2, 0.25) is 0 Å². The van der Waals surface area contributed by atoms with Crippen LogP contribution in [0.15, 0.2) is 18.3 Å². The van der Waals surface area contributed by atoms with E-state index in [2.05, 4.69) is 20.4 Å². The lowest BCUT2D eigenvalue weighted by Gasteiger charge is -2.10. The predicted octanol–water partition coefficient (Wildman–Crippen LogP) is 1.83. The number of nitrogens with one attached hydrogen (secondary N) is 1. The molecule has 2 aromatic rings. The first-order valence-corrected chi connectivity index (χ1v) is 5.61. The van der Waals surface area contributed by atoms with Crippen molar-refractivity contribution in [3.05, 3.63) is 35.4 Å². The standard InChI is InChI=1S/C12H14FN5/c1-3-9-7(2)11(18-14)17-12(16-9)10-5-4-8(13)6-15-10/h4-6H,3,14H2,1-2H3,(H,16,17,18). The fourth-order valence-electron chi connectivity index (χ4n) is 1.67. The van der Waals surface area contributed by atoms with Crippen LogP contribution in [0.2, 0.25) is 0 Å². The molecule has 0 unspecified atom stereocenters. The molecule has 0 aliphatic rings. The van der Waals surface area contributed by atoms with Gasteiger partial charge < -0.3 is 5.43 Å². The van der Waals surface area contributed by atoms with E-state index in [4.69, 9.17) is 5.84 Å². The zero-order valence-corrected chi connectivity index (χ0v) is 10.2. The lowest BCUT2D eigenvalue weighted by molar-refractivity contribution is 0.621. The second kappa shape index (κ2) is 5.05. The number of nitrogens with zero attached hydrogens (tertiary/aromatic N) is 3. The van der Waals surface area contributed by atoms with E-state index in [0.29, 0.717) is 17.3 Å². The Hall–Kier alpha value is -2.08. The van der Waals surface area contributed by atoms with Gasteiger partial charge in [-0.3, -0.25) is 0 Å². The highest BCUT2D eigenvalue weighted by Gasteiger charge is 2.11. The summed E-state index contributed by atoms with van der Waals surface area (Å²) in [6.45, 7) is 3.90. The van der Waals surface area contributed by atoms with Gasteiger partial charge in [-0.2, -0.15) is 0 Å². The lowest BCUT2D eigenvalue weighted by atomic mass is 10.2. The van der Waals surface area contributed by atoms with Crippen LogP contribution < -0.4 is 11.3 Å². The van der Waals surface area contributed by atoms with Gasteiger partial charge in [-0.15, -0.1) is 0 Å². The molecule has 3 N–H and O–H groups in total. The van der Waals surface area contributed by atoms with E-state index in [1.54, 1.807) is 6.07 Å². The van der Waals surface area contributed by atoms with Gasteiger partial charge in [0.25, 0.3) is 0 Å². The fraction of sp³-hybridized carbons (Fsp3) is 0.250. The number of nitrogens with two attached hydrogens (primary N) is 1.